The molecule has 8 heteroatoms. The number of imidazole rings is 1. The molecular formula is C21H21N5O3. The van der Waals surface area contributed by atoms with Gasteiger partial charge in [0.25, 0.3) is 11.6 Å². The summed E-state index contributed by atoms with van der Waals surface area (Å²) >= 11 is 0. The van der Waals surface area contributed by atoms with Crippen LogP contribution in [-0.4, -0.2) is 26.4 Å². The molecule has 0 aliphatic heterocycles. The summed E-state index contributed by atoms with van der Waals surface area (Å²) in [5, 5.41) is 17.3. The predicted octanol–water partition coefficient (Wildman–Crippen LogP) is 3.34. The second-order valence-electron chi connectivity index (χ2n) is 7.14. The molecule has 29 heavy (non-hydrogen) atoms. The van der Waals surface area contributed by atoms with E-state index in [-0.39, 0.29) is 17.2 Å². The fraction of sp³-hybridized carbons (Fsp3) is 0.238. The number of nitro benzene ring substituents is 1. The number of hydrogen-bond acceptors (Lipinski definition) is 5. The molecule has 1 fully saturated rings. The smallest absolute Gasteiger partial charge is 0.293 e. The Morgan fingerprint density at radius 1 is 1.17 bits per heavy atom. The highest BCUT2D eigenvalue weighted by atomic mass is 16.6. The molecule has 0 bridgehead atoms. The van der Waals surface area contributed by atoms with Crippen molar-refractivity contribution >= 4 is 17.3 Å². The van der Waals surface area contributed by atoms with Gasteiger partial charge in [-0.2, -0.15) is 0 Å². The molecule has 2 N–H and O–H groups in total. The molecule has 148 valence electrons. The first kappa shape index (κ1) is 18.7. The van der Waals surface area contributed by atoms with Crippen LogP contribution < -0.4 is 10.6 Å². The number of nitro groups is 1. The van der Waals surface area contributed by atoms with Crippen molar-refractivity contribution in [1.29, 1.82) is 0 Å². The lowest BCUT2D eigenvalue weighted by atomic mass is 10.1. The van der Waals surface area contributed by atoms with Gasteiger partial charge >= 0.3 is 0 Å². The van der Waals surface area contributed by atoms with Crippen molar-refractivity contribution in [2.24, 2.45) is 0 Å². The Hall–Kier alpha value is -3.68. The highest BCUT2D eigenvalue weighted by molar-refractivity contribution is 5.95. The van der Waals surface area contributed by atoms with E-state index in [1.165, 1.54) is 6.07 Å². The molecule has 1 aliphatic rings. The zero-order valence-electron chi connectivity index (χ0n) is 15.7. The first-order chi connectivity index (χ1) is 14.1. The van der Waals surface area contributed by atoms with Gasteiger partial charge in [0.15, 0.2) is 0 Å². The Labute approximate surface area is 167 Å². The lowest BCUT2D eigenvalue weighted by Crippen LogP contribution is -2.23. The van der Waals surface area contributed by atoms with Gasteiger partial charge < -0.3 is 15.2 Å². The van der Waals surface area contributed by atoms with E-state index in [4.69, 9.17) is 0 Å². The normalized spacial score (nSPS) is 13.1. The Morgan fingerprint density at radius 3 is 2.59 bits per heavy atom. The third-order valence-corrected chi connectivity index (χ3v) is 4.79. The number of rotatable bonds is 8. The molecule has 1 aromatic heterocycles. The number of aromatic nitrogens is 2. The van der Waals surface area contributed by atoms with Crippen LogP contribution in [0, 0.1) is 10.1 Å². The Balaban J connectivity index is 1.37. The van der Waals surface area contributed by atoms with Crippen LogP contribution in [0.4, 0.5) is 11.4 Å². The maximum absolute atomic E-state index is 12.5. The number of nitrogens with one attached hydrogen (secondary N) is 2. The van der Waals surface area contributed by atoms with Crippen molar-refractivity contribution in [3.8, 4) is 0 Å². The van der Waals surface area contributed by atoms with E-state index in [0.717, 1.165) is 30.5 Å². The quantitative estimate of drug-likeness (QED) is 0.453. The molecule has 0 spiro atoms. The summed E-state index contributed by atoms with van der Waals surface area (Å²) in [7, 11) is 0. The lowest BCUT2D eigenvalue weighted by molar-refractivity contribution is -0.384. The Kier molecular flexibility index (Phi) is 5.24. The van der Waals surface area contributed by atoms with Crippen LogP contribution in [0.2, 0.25) is 0 Å². The average molecular weight is 391 g/mol. The van der Waals surface area contributed by atoms with Crippen LogP contribution in [-0.2, 0) is 13.1 Å². The van der Waals surface area contributed by atoms with Crippen LogP contribution in [0.5, 0.6) is 0 Å². The van der Waals surface area contributed by atoms with E-state index in [1.807, 2.05) is 35.0 Å². The summed E-state index contributed by atoms with van der Waals surface area (Å²) in [6.45, 7) is 1.08. The minimum absolute atomic E-state index is 0.0756. The van der Waals surface area contributed by atoms with Gasteiger partial charge in [-0.15, -0.1) is 0 Å². The van der Waals surface area contributed by atoms with Crippen LogP contribution in [0.25, 0.3) is 0 Å². The van der Waals surface area contributed by atoms with Gasteiger partial charge in [-0.05, 0) is 36.1 Å². The first-order valence-corrected chi connectivity index (χ1v) is 9.45. The monoisotopic (exact) mass is 391 g/mol. The summed E-state index contributed by atoms with van der Waals surface area (Å²) in [4.78, 5) is 27.4. The molecule has 1 saturated carbocycles. The van der Waals surface area contributed by atoms with E-state index in [2.05, 4.69) is 15.6 Å². The maximum Gasteiger partial charge on any atom is 0.293 e. The van der Waals surface area contributed by atoms with Crippen molar-refractivity contribution in [3.63, 3.8) is 0 Å². The Morgan fingerprint density at radius 2 is 1.93 bits per heavy atom. The average Bonchev–Trinajstić information content (AvgIpc) is 3.39. The molecule has 1 aliphatic carbocycles. The van der Waals surface area contributed by atoms with Crippen molar-refractivity contribution in [2.45, 2.75) is 32.0 Å². The van der Waals surface area contributed by atoms with Crippen molar-refractivity contribution < 1.29 is 9.72 Å². The molecule has 8 nitrogen and oxygen atoms in total. The fourth-order valence-electron chi connectivity index (χ4n) is 3.03. The van der Waals surface area contributed by atoms with Gasteiger partial charge in [0, 0.05) is 43.2 Å². The third-order valence-electron chi connectivity index (χ3n) is 4.79. The molecule has 0 radical (unpaired) electrons. The van der Waals surface area contributed by atoms with Crippen molar-refractivity contribution in [3.05, 3.63) is 88.0 Å². The molecular weight excluding hydrogens is 370 g/mol. The number of hydrogen-bond donors (Lipinski definition) is 2. The maximum atomic E-state index is 12.5. The summed E-state index contributed by atoms with van der Waals surface area (Å²) in [6.07, 6.45) is 7.43. The van der Waals surface area contributed by atoms with Gasteiger partial charge in [-0.3, -0.25) is 14.9 Å². The molecule has 2 aromatic carbocycles. The fourth-order valence-corrected chi connectivity index (χ4v) is 3.03. The first-order valence-electron chi connectivity index (χ1n) is 9.45. The summed E-state index contributed by atoms with van der Waals surface area (Å²) < 4.78 is 1.98. The second-order valence-corrected chi connectivity index (χ2v) is 7.14. The number of amides is 1. The standard InChI is InChI=1S/C21H21N5O3/c27-21(17-5-8-19(24-18-6-7-18)20(11-17)26(28)29)23-12-15-1-3-16(4-2-15)13-25-10-9-22-14-25/h1-5,8-11,14,18,24H,6-7,12-13H2,(H,23,27). The molecule has 3 aromatic rings. The number of carbonyl (C=O) groups excluding carboxylic acids is 1. The SMILES string of the molecule is O=C(NCc1ccc(Cn2ccnc2)cc1)c1ccc(NC2CC2)c([N+](=O)[O-])c1. The lowest BCUT2D eigenvalue weighted by Gasteiger charge is -2.09. The van der Waals surface area contributed by atoms with Crippen LogP contribution >= 0.6 is 0 Å². The van der Waals surface area contributed by atoms with E-state index < -0.39 is 4.92 Å². The second kappa shape index (κ2) is 8.14. The number of benzene rings is 2. The predicted molar refractivity (Wildman–Crippen MR) is 109 cm³/mol. The number of nitrogens with zero attached hydrogens (tertiary/aromatic N) is 3. The Bertz CT molecular complexity index is 1010. The van der Waals surface area contributed by atoms with Crippen molar-refractivity contribution in [2.75, 3.05) is 5.32 Å². The van der Waals surface area contributed by atoms with Crippen LogP contribution in [0.1, 0.15) is 34.3 Å². The zero-order chi connectivity index (χ0) is 20.2. The highest BCUT2D eigenvalue weighted by Crippen LogP contribution is 2.31. The van der Waals surface area contributed by atoms with Crippen LogP contribution in [0.15, 0.2) is 61.2 Å². The van der Waals surface area contributed by atoms with Gasteiger partial charge in [0.05, 0.1) is 11.3 Å². The molecule has 0 atom stereocenters. The number of anilines is 1. The van der Waals surface area contributed by atoms with Gasteiger partial charge in [0.1, 0.15) is 5.69 Å². The molecule has 1 amide bonds. The van der Waals surface area contributed by atoms with E-state index >= 15 is 0 Å². The van der Waals surface area contributed by atoms with Gasteiger partial charge in [0.2, 0.25) is 0 Å². The summed E-state index contributed by atoms with van der Waals surface area (Å²) in [6, 6.07) is 12.8. The third kappa shape index (κ3) is 4.78. The summed E-state index contributed by atoms with van der Waals surface area (Å²) in [5.41, 5.74) is 2.74. The minimum Gasteiger partial charge on any atom is -0.377 e. The highest BCUT2D eigenvalue weighted by Gasteiger charge is 2.25. The largest absolute Gasteiger partial charge is 0.377 e. The van der Waals surface area contributed by atoms with Gasteiger partial charge in [-0.1, -0.05) is 24.3 Å². The molecule has 1 heterocycles. The minimum atomic E-state index is -0.458. The van der Waals surface area contributed by atoms with E-state index in [0.29, 0.717) is 18.3 Å². The van der Waals surface area contributed by atoms with Crippen molar-refractivity contribution in [1.82, 2.24) is 14.9 Å². The van der Waals surface area contributed by atoms with Crippen LogP contribution in [0.3, 0.4) is 0 Å². The molecule has 4 rings (SSSR count). The van der Waals surface area contributed by atoms with E-state index in [9.17, 15) is 14.9 Å². The zero-order valence-corrected chi connectivity index (χ0v) is 15.7. The van der Waals surface area contributed by atoms with Gasteiger partial charge in [-0.25, -0.2) is 4.98 Å². The van der Waals surface area contributed by atoms with E-state index in [1.54, 1.807) is 24.7 Å². The topological polar surface area (TPSA) is 102 Å². The molecule has 0 saturated heterocycles. The number of carbonyl (C=O) groups is 1. The summed E-state index contributed by atoms with van der Waals surface area (Å²) in [5.74, 6) is -0.339. The molecule has 0 unspecified atom stereocenters.